The lowest BCUT2D eigenvalue weighted by Crippen LogP contribution is -2.26. The van der Waals surface area contributed by atoms with Crippen LogP contribution in [0.4, 0.5) is 0 Å². The average Bonchev–Trinajstić information content (AvgIpc) is 2.37. The number of hydrogen-bond donors (Lipinski definition) is 1. The van der Waals surface area contributed by atoms with Gasteiger partial charge in [-0.25, -0.2) is 13.6 Å². The molecule has 1 unspecified atom stereocenters. The third-order valence-corrected chi connectivity index (χ3v) is 3.98. The number of primary sulfonamides is 1. The highest BCUT2D eigenvalue weighted by molar-refractivity contribution is 8.15. The third-order valence-electron chi connectivity index (χ3n) is 2.63. The summed E-state index contributed by atoms with van der Waals surface area (Å²) >= 11 is 4.33. The minimum atomic E-state index is -3.79. The van der Waals surface area contributed by atoms with Gasteiger partial charge in [0.1, 0.15) is 0 Å². The molecule has 22 heavy (non-hydrogen) atoms. The van der Waals surface area contributed by atoms with E-state index in [4.69, 9.17) is 4.74 Å². The summed E-state index contributed by atoms with van der Waals surface area (Å²) in [4.78, 5) is 10.5. The quantitative estimate of drug-likeness (QED) is 0.557. The Kier molecular flexibility index (Phi) is 13.7. The summed E-state index contributed by atoms with van der Waals surface area (Å²) in [6, 6.07) is 0. The molecule has 0 aromatic heterocycles. The molecule has 0 spiro atoms. The molecule has 0 aromatic carbocycles. The molecule has 1 atom stereocenters. The van der Waals surface area contributed by atoms with Gasteiger partial charge in [-0.3, -0.25) is 4.79 Å². The van der Waals surface area contributed by atoms with E-state index in [-0.39, 0.29) is 12.1 Å². The van der Waals surface area contributed by atoms with Gasteiger partial charge in [-0.1, -0.05) is 33.1 Å². The second kappa shape index (κ2) is 12.8. The zero-order chi connectivity index (χ0) is 17.8. The predicted molar refractivity (Wildman–Crippen MR) is 91.9 cm³/mol. The van der Waals surface area contributed by atoms with Crippen molar-refractivity contribution in [1.29, 1.82) is 0 Å². The van der Waals surface area contributed by atoms with E-state index in [2.05, 4.69) is 35.9 Å². The molecule has 2 N–H and O–H groups in total. The molecule has 0 aliphatic heterocycles. The molecule has 0 aliphatic carbocycles. The lowest BCUT2D eigenvalue weighted by Gasteiger charge is -2.13. The van der Waals surface area contributed by atoms with Crippen LogP contribution in [-0.4, -0.2) is 31.5 Å². The number of esters is 1. The van der Waals surface area contributed by atoms with Gasteiger partial charge >= 0.3 is 5.97 Å². The number of carbonyl (C=O) groups excluding carboxylic acids is 1. The van der Waals surface area contributed by atoms with E-state index >= 15 is 0 Å². The molecule has 0 saturated carbocycles. The summed E-state index contributed by atoms with van der Waals surface area (Å²) in [5, 5.41) is 4.63. The van der Waals surface area contributed by atoms with Crippen LogP contribution < -0.4 is 5.14 Å². The van der Waals surface area contributed by atoms with Gasteiger partial charge in [0.15, 0.2) is 0 Å². The topological polar surface area (TPSA) is 95.7 Å². The smallest absolute Gasteiger partial charge is 0.302 e. The predicted octanol–water partition coefficient (Wildman–Crippen LogP) is 2.75. The molecular formula is C14H29NO5S2. The Hall–Kier alpha value is -0.730. The molecule has 6 nitrogen and oxygen atoms in total. The van der Waals surface area contributed by atoms with Crippen molar-refractivity contribution in [1.82, 2.24) is 0 Å². The van der Waals surface area contributed by atoms with E-state index in [1.54, 1.807) is 13.8 Å². The molecule has 8 heteroatoms. The van der Waals surface area contributed by atoms with Gasteiger partial charge < -0.3 is 9.47 Å². The summed E-state index contributed by atoms with van der Waals surface area (Å²) in [5.74, 6) is 0.402. The van der Waals surface area contributed by atoms with Crippen molar-refractivity contribution in [2.75, 3.05) is 6.61 Å². The zero-order valence-corrected chi connectivity index (χ0v) is 15.8. The fourth-order valence-electron chi connectivity index (χ4n) is 1.39. The van der Waals surface area contributed by atoms with Crippen LogP contribution in [0.5, 0.6) is 0 Å². The lowest BCUT2D eigenvalue weighted by molar-refractivity contribution is -0.142. The minimum absolute atomic E-state index is 0.162. The van der Waals surface area contributed by atoms with Gasteiger partial charge in [-0.2, -0.15) is 0 Å². The molecule has 0 fully saturated rings. The molecule has 0 radical (unpaired) electrons. The molecule has 0 amide bonds. The maximum atomic E-state index is 10.5. The van der Waals surface area contributed by atoms with Crippen molar-refractivity contribution in [2.45, 2.75) is 66.4 Å². The van der Waals surface area contributed by atoms with Gasteiger partial charge in [0, 0.05) is 6.92 Å². The first-order valence-electron chi connectivity index (χ1n) is 7.41. The number of ether oxygens (including phenoxy) is 2. The standard InChI is InChI=1S/C10H20O2.C4H9NO3S2/c1-4-6-7-10(5-2)8-12-9(3)11;1-3(2)8-4(9)10(5,6)7/h10H,4-8H2,1-3H3;3H,1-2H3,(H2,5,6,7). The highest BCUT2D eigenvalue weighted by atomic mass is 32.2. The lowest BCUT2D eigenvalue weighted by atomic mass is 10.0. The van der Waals surface area contributed by atoms with Crippen molar-refractivity contribution >= 4 is 32.6 Å². The molecule has 0 aliphatic rings. The van der Waals surface area contributed by atoms with Crippen molar-refractivity contribution < 1.29 is 22.7 Å². The summed E-state index contributed by atoms with van der Waals surface area (Å²) in [7, 11) is -3.79. The first kappa shape index (κ1) is 23.5. The van der Waals surface area contributed by atoms with Crippen LogP contribution in [0, 0.1) is 5.92 Å². The van der Waals surface area contributed by atoms with Crippen LogP contribution >= 0.6 is 12.2 Å². The maximum absolute atomic E-state index is 10.5. The summed E-state index contributed by atoms with van der Waals surface area (Å²) in [6.45, 7) is 9.72. The van der Waals surface area contributed by atoms with Crippen LogP contribution in [0.2, 0.25) is 0 Å². The number of carbonyl (C=O) groups is 1. The number of rotatable bonds is 7. The minimum Gasteiger partial charge on any atom is -0.472 e. The van der Waals surface area contributed by atoms with Crippen molar-refractivity contribution in [3.05, 3.63) is 0 Å². The van der Waals surface area contributed by atoms with E-state index in [1.165, 1.54) is 26.2 Å². The molecule has 132 valence electrons. The SMILES string of the molecule is CC(C)OC(=S)S(N)(=O)=O.CCCCC(CC)COC(C)=O. The van der Waals surface area contributed by atoms with Gasteiger partial charge in [-0.05, 0) is 38.4 Å². The van der Waals surface area contributed by atoms with E-state index in [0.717, 1.165) is 6.42 Å². The van der Waals surface area contributed by atoms with E-state index in [0.29, 0.717) is 12.5 Å². The molecule has 0 heterocycles. The van der Waals surface area contributed by atoms with E-state index < -0.39 is 14.4 Å². The maximum Gasteiger partial charge on any atom is 0.302 e. The van der Waals surface area contributed by atoms with Crippen molar-refractivity contribution in [3.8, 4) is 0 Å². The number of nitrogens with two attached hydrogens (primary N) is 1. The summed E-state index contributed by atoms with van der Waals surface area (Å²) in [6.07, 6.45) is 4.48. The Balaban J connectivity index is 0. The second-order valence-electron chi connectivity index (χ2n) is 5.18. The first-order chi connectivity index (χ1) is 10.0. The second-order valence-corrected chi connectivity index (χ2v) is 7.27. The Labute approximate surface area is 139 Å². The number of unbranched alkanes of at least 4 members (excludes halogenated alkanes) is 1. The van der Waals surface area contributed by atoms with Gasteiger partial charge in [0.05, 0.1) is 12.7 Å². The Bertz CT molecular complexity index is 421. The summed E-state index contributed by atoms with van der Waals surface area (Å²) < 4.78 is 29.8. The highest BCUT2D eigenvalue weighted by Gasteiger charge is 2.13. The van der Waals surface area contributed by atoms with E-state index in [1.807, 2.05) is 0 Å². The zero-order valence-electron chi connectivity index (χ0n) is 14.1. The fraction of sp³-hybridized carbons (Fsp3) is 0.857. The largest absolute Gasteiger partial charge is 0.472 e. The molecular weight excluding hydrogens is 326 g/mol. The van der Waals surface area contributed by atoms with Crippen LogP contribution in [0.25, 0.3) is 0 Å². The third kappa shape index (κ3) is 15.7. The first-order valence-corrected chi connectivity index (χ1v) is 9.36. The molecule has 0 bridgehead atoms. The Morgan fingerprint density at radius 2 is 1.82 bits per heavy atom. The van der Waals surface area contributed by atoms with Crippen LogP contribution in [0.3, 0.4) is 0 Å². The van der Waals surface area contributed by atoms with Gasteiger partial charge in [-0.15, -0.1) is 0 Å². The number of sulfonamides is 1. The summed E-state index contributed by atoms with van der Waals surface area (Å²) in [5.41, 5.74) is 0. The number of thiocarbonyl (C=S) groups is 1. The molecule has 0 saturated heterocycles. The van der Waals surface area contributed by atoms with Crippen LogP contribution in [-0.2, 0) is 24.3 Å². The fourth-order valence-corrected chi connectivity index (χ4v) is 1.91. The van der Waals surface area contributed by atoms with E-state index in [9.17, 15) is 13.2 Å². The number of hydrogen-bond acceptors (Lipinski definition) is 6. The van der Waals surface area contributed by atoms with Crippen LogP contribution in [0.15, 0.2) is 0 Å². The molecule has 0 aromatic rings. The van der Waals surface area contributed by atoms with Gasteiger partial charge in [0.25, 0.3) is 14.4 Å². The monoisotopic (exact) mass is 355 g/mol. The van der Waals surface area contributed by atoms with Crippen molar-refractivity contribution in [2.24, 2.45) is 11.1 Å². The molecule has 0 rings (SSSR count). The van der Waals surface area contributed by atoms with Gasteiger partial charge in [0.2, 0.25) is 0 Å². The normalized spacial score (nSPS) is 12.1. The Morgan fingerprint density at radius 1 is 1.27 bits per heavy atom. The van der Waals surface area contributed by atoms with Crippen LogP contribution in [0.1, 0.15) is 60.3 Å². The Morgan fingerprint density at radius 3 is 2.09 bits per heavy atom. The highest BCUT2D eigenvalue weighted by Crippen LogP contribution is 2.12. The van der Waals surface area contributed by atoms with Crippen molar-refractivity contribution in [3.63, 3.8) is 0 Å². The average molecular weight is 356 g/mol.